The zero-order chi connectivity index (χ0) is 17.6. The Morgan fingerprint density at radius 2 is 1.58 bits per heavy atom. The quantitative estimate of drug-likeness (QED) is 0.742. The first-order chi connectivity index (χ1) is 11.5. The minimum atomic E-state index is 0.0157. The molecule has 0 amide bonds. The molecule has 0 saturated heterocycles. The fourth-order valence-electron chi connectivity index (χ4n) is 2.37. The third-order valence-corrected chi connectivity index (χ3v) is 3.59. The summed E-state index contributed by atoms with van der Waals surface area (Å²) in [5, 5.41) is 8.98. The highest BCUT2D eigenvalue weighted by molar-refractivity contribution is 5.46. The van der Waals surface area contributed by atoms with E-state index in [-0.39, 0.29) is 5.41 Å². The Morgan fingerprint density at radius 3 is 2.21 bits per heavy atom. The van der Waals surface area contributed by atoms with E-state index in [9.17, 15) is 0 Å². The minimum Gasteiger partial charge on any atom is -0.493 e. The molecule has 24 heavy (non-hydrogen) atoms. The summed E-state index contributed by atoms with van der Waals surface area (Å²) in [4.78, 5) is 0. The van der Waals surface area contributed by atoms with Gasteiger partial charge in [0, 0.05) is 6.07 Å². The number of hydrogen-bond donors (Lipinski definition) is 0. The third kappa shape index (κ3) is 4.42. The molecule has 2 aromatic carbocycles. The molecular formula is C20H23NO3. The normalized spacial score (nSPS) is 10.8. The Bertz CT molecular complexity index is 726. The van der Waals surface area contributed by atoms with Crippen LogP contribution < -0.4 is 14.2 Å². The van der Waals surface area contributed by atoms with Gasteiger partial charge in [0.05, 0.1) is 18.7 Å². The zero-order valence-electron chi connectivity index (χ0n) is 14.6. The summed E-state index contributed by atoms with van der Waals surface area (Å²) in [6, 6.07) is 15.2. The highest BCUT2D eigenvalue weighted by Crippen LogP contribution is 2.31. The van der Waals surface area contributed by atoms with Crippen molar-refractivity contribution in [2.24, 2.45) is 0 Å². The van der Waals surface area contributed by atoms with E-state index in [0.717, 1.165) is 11.3 Å². The summed E-state index contributed by atoms with van der Waals surface area (Å²) in [6.45, 7) is 7.24. The van der Waals surface area contributed by atoms with Crippen molar-refractivity contribution in [3.8, 4) is 23.3 Å². The van der Waals surface area contributed by atoms with Crippen LogP contribution in [0.15, 0.2) is 42.5 Å². The summed E-state index contributed by atoms with van der Waals surface area (Å²) < 4.78 is 16.9. The first-order valence-corrected chi connectivity index (χ1v) is 7.89. The lowest BCUT2D eigenvalue weighted by Crippen LogP contribution is -2.16. The maximum atomic E-state index is 8.98. The Labute approximate surface area is 143 Å². The van der Waals surface area contributed by atoms with Crippen LogP contribution in [0.2, 0.25) is 0 Å². The highest BCUT2D eigenvalue weighted by Gasteiger charge is 2.18. The predicted octanol–water partition coefficient (Wildman–Crippen LogP) is 4.32. The van der Waals surface area contributed by atoms with Gasteiger partial charge in [0.1, 0.15) is 19.0 Å². The maximum absolute atomic E-state index is 8.98. The van der Waals surface area contributed by atoms with Crippen molar-refractivity contribution in [2.75, 3.05) is 20.3 Å². The molecule has 0 radical (unpaired) electrons. The number of hydrogen-bond acceptors (Lipinski definition) is 4. The number of rotatable bonds is 6. The van der Waals surface area contributed by atoms with Crippen molar-refractivity contribution in [2.45, 2.75) is 26.2 Å². The van der Waals surface area contributed by atoms with Crippen molar-refractivity contribution in [3.63, 3.8) is 0 Å². The van der Waals surface area contributed by atoms with E-state index in [2.05, 4.69) is 32.9 Å². The lowest BCUT2D eigenvalue weighted by Gasteiger charge is -2.22. The van der Waals surface area contributed by atoms with Gasteiger partial charge < -0.3 is 14.2 Å². The van der Waals surface area contributed by atoms with Gasteiger partial charge in [0.15, 0.2) is 11.5 Å². The first-order valence-electron chi connectivity index (χ1n) is 7.89. The van der Waals surface area contributed by atoms with E-state index in [4.69, 9.17) is 19.5 Å². The van der Waals surface area contributed by atoms with Crippen LogP contribution in [0, 0.1) is 11.3 Å². The number of methoxy groups -OCH3 is 1. The zero-order valence-corrected chi connectivity index (χ0v) is 14.6. The smallest absolute Gasteiger partial charge is 0.162 e. The van der Waals surface area contributed by atoms with E-state index in [0.29, 0.717) is 30.3 Å². The lowest BCUT2D eigenvalue weighted by molar-refractivity contribution is 0.208. The Balaban J connectivity index is 1.98. The number of benzene rings is 2. The Kier molecular flexibility index (Phi) is 5.70. The van der Waals surface area contributed by atoms with Crippen LogP contribution in [0.4, 0.5) is 0 Å². The van der Waals surface area contributed by atoms with E-state index in [1.54, 1.807) is 25.3 Å². The molecule has 0 fully saturated rings. The first kappa shape index (κ1) is 17.7. The van der Waals surface area contributed by atoms with Crippen LogP contribution in [0.3, 0.4) is 0 Å². The molecule has 0 spiro atoms. The molecule has 0 unspecified atom stereocenters. The fourth-order valence-corrected chi connectivity index (χ4v) is 2.37. The molecule has 4 nitrogen and oxygen atoms in total. The fraction of sp³-hybridized carbons (Fsp3) is 0.350. The molecular weight excluding hydrogens is 302 g/mol. The van der Waals surface area contributed by atoms with Gasteiger partial charge in [0.25, 0.3) is 0 Å². The summed E-state index contributed by atoms with van der Waals surface area (Å²) in [5.41, 5.74) is 1.71. The Morgan fingerprint density at radius 1 is 0.917 bits per heavy atom. The highest BCUT2D eigenvalue weighted by atomic mass is 16.5. The number of ether oxygens (including phenoxy) is 3. The molecule has 126 valence electrons. The van der Waals surface area contributed by atoms with E-state index in [1.165, 1.54) is 0 Å². The molecule has 0 atom stereocenters. The lowest BCUT2D eigenvalue weighted by atomic mass is 9.86. The van der Waals surface area contributed by atoms with Crippen LogP contribution in [0.25, 0.3) is 0 Å². The molecule has 4 heteroatoms. The van der Waals surface area contributed by atoms with Gasteiger partial charge >= 0.3 is 0 Å². The van der Waals surface area contributed by atoms with Gasteiger partial charge in [-0.15, -0.1) is 0 Å². The summed E-state index contributed by atoms with van der Waals surface area (Å²) in [5.74, 6) is 2.01. The predicted molar refractivity (Wildman–Crippen MR) is 93.8 cm³/mol. The van der Waals surface area contributed by atoms with Crippen molar-refractivity contribution < 1.29 is 14.2 Å². The van der Waals surface area contributed by atoms with Crippen molar-refractivity contribution >= 4 is 0 Å². The summed E-state index contributed by atoms with van der Waals surface area (Å²) in [6.07, 6.45) is 0. The minimum absolute atomic E-state index is 0.0157. The second kappa shape index (κ2) is 7.74. The molecule has 0 aliphatic heterocycles. The van der Waals surface area contributed by atoms with Gasteiger partial charge in [0.2, 0.25) is 0 Å². The van der Waals surface area contributed by atoms with Gasteiger partial charge in [-0.05, 0) is 29.2 Å². The van der Waals surface area contributed by atoms with Crippen LogP contribution in [-0.4, -0.2) is 20.3 Å². The van der Waals surface area contributed by atoms with Crippen molar-refractivity contribution in [1.29, 1.82) is 5.26 Å². The second-order valence-corrected chi connectivity index (χ2v) is 6.42. The molecule has 2 aromatic rings. The van der Waals surface area contributed by atoms with Crippen LogP contribution in [-0.2, 0) is 5.41 Å². The van der Waals surface area contributed by atoms with Gasteiger partial charge in [-0.3, -0.25) is 0 Å². The molecule has 0 saturated carbocycles. The average molecular weight is 325 g/mol. The maximum Gasteiger partial charge on any atom is 0.162 e. The Hall–Kier alpha value is -2.67. The molecule has 0 aliphatic carbocycles. The largest absolute Gasteiger partial charge is 0.493 e. The van der Waals surface area contributed by atoms with E-state index in [1.807, 2.05) is 18.2 Å². The molecule has 0 aliphatic rings. The van der Waals surface area contributed by atoms with E-state index < -0.39 is 0 Å². The number of para-hydroxylation sites is 1. The molecule has 0 heterocycles. The summed E-state index contributed by atoms with van der Waals surface area (Å²) in [7, 11) is 1.57. The summed E-state index contributed by atoms with van der Waals surface area (Å²) >= 11 is 0. The molecule has 2 rings (SSSR count). The molecule has 0 bridgehead atoms. The topological polar surface area (TPSA) is 51.5 Å². The third-order valence-electron chi connectivity index (χ3n) is 3.59. The SMILES string of the molecule is COc1ccc(C#N)cc1OCCOc1ccccc1C(C)(C)C. The van der Waals surface area contributed by atoms with Crippen LogP contribution >= 0.6 is 0 Å². The van der Waals surface area contributed by atoms with Gasteiger partial charge in [-0.25, -0.2) is 0 Å². The number of nitrogens with zero attached hydrogens (tertiary/aromatic N) is 1. The monoisotopic (exact) mass is 325 g/mol. The van der Waals surface area contributed by atoms with Crippen molar-refractivity contribution in [1.82, 2.24) is 0 Å². The van der Waals surface area contributed by atoms with Crippen LogP contribution in [0.1, 0.15) is 31.9 Å². The van der Waals surface area contributed by atoms with E-state index >= 15 is 0 Å². The van der Waals surface area contributed by atoms with Gasteiger partial charge in [-0.1, -0.05) is 39.0 Å². The van der Waals surface area contributed by atoms with Crippen LogP contribution in [0.5, 0.6) is 17.2 Å². The molecule has 0 N–H and O–H groups in total. The second-order valence-electron chi connectivity index (χ2n) is 6.42. The van der Waals surface area contributed by atoms with Crippen molar-refractivity contribution in [3.05, 3.63) is 53.6 Å². The standard InChI is InChI=1S/C20H23NO3/c1-20(2,3)16-7-5-6-8-17(16)23-11-12-24-19-13-15(14-21)9-10-18(19)22-4/h5-10,13H,11-12H2,1-4H3. The van der Waals surface area contributed by atoms with Gasteiger partial charge in [-0.2, -0.15) is 5.26 Å². The average Bonchev–Trinajstić information content (AvgIpc) is 2.58. The number of nitriles is 1. The molecule has 0 aromatic heterocycles.